The van der Waals surface area contributed by atoms with Crippen LogP contribution in [0.1, 0.15) is 163 Å². The highest BCUT2D eigenvalue weighted by Crippen LogP contribution is 2.70. The molecule has 0 radical (unpaired) electrons. The zero-order chi connectivity index (χ0) is 57.4. The van der Waals surface area contributed by atoms with Gasteiger partial charge in [0.1, 0.15) is 18.8 Å². The fourth-order valence-corrected chi connectivity index (χ4v) is 15.8. The number of fused-ring (bicyclic) bond motifs is 7. The highest BCUT2D eigenvalue weighted by Gasteiger charge is 2.76. The number of aliphatic hydroxyl groups is 2. The van der Waals surface area contributed by atoms with Gasteiger partial charge in [-0.1, -0.05) is 106 Å². The zero-order valence-corrected chi connectivity index (χ0v) is 49.2. The Hall–Kier alpha value is -4.38. The smallest absolute Gasteiger partial charge is 0.454 e. The van der Waals surface area contributed by atoms with Gasteiger partial charge in [0.25, 0.3) is 0 Å². The third kappa shape index (κ3) is 13.8. The van der Waals surface area contributed by atoms with Crippen molar-refractivity contribution in [2.75, 3.05) is 46.0 Å². The molecule has 15 nitrogen and oxygen atoms in total. The number of hydrogen-bond acceptors (Lipinski definition) is 12. The van der Waals surface area contributed by atoms with Gasteiger partial charge in [0.15, 0.2) is 24.3 Å². The number of phosphoric ester groups is 1. The molecule has 0 spiro atoms. The van der Waals surface area contributed by atoms with Gasteiger partial charge in [-0.15, -0.1) is 0 Å². The van der Waals surface area contributed by atoms with Crippen LogP contribution in [0.3, 0.4) is 0 Å². The SMILES string of the molecule is CC[N+](CC)(Cc1ccc(C(=O)OCC(=O)[C@@]23O[C@H](C4CCCCC4)O[C@@H]2C[C@H]2[C@@H]4CCC5=CC(=O)C=C[C@]5(C)[C@H]4[C@@H](O)C[C@@]23C)cc1)Cc1cc(C(O)CNCCCCCCOCCCCc2ccccc2)ccc1OP(=O)(O)O. The highest BCUT2D eigenvalue weighted by molar-refractivity contribution is 7.46. The minimum atomic E-state index is -4.92. The van der Waals surface area contributed by atoms with Crippen LogP contribution in [0.25, 0.3) is 0 Å². The maximum absolute atomic E-state index is 15.1. The lowest BCUT2D eigenvalue weighted by molar-refractivity contribution is -0.950. The van der Waals surface area contributed by atoms with E-state index in [2.05, 4.69) is 57.3 Å². The van der Waals surface area contributed by atoms with Crippen molar-refractivity contribution in [1.82, 2.24) is 5.32 Å². The number of allylic oxidation sites excluding steroid dienone is 4. The van der Waals surface area contributed by atoms with Gasteiger partial charge in [0.05, 0.1) is 37.0 Å². The van der Waals surface area contributed by atoms with Crippen molar-refractivity contribution < 1.29 is 66.9 Å². The molecule has 16 heteroatoms. The molecule has 5 fully saturated rings. The number of quaternary nitrogens is 1. The first kappa shape index (κ1) is 61.2. The first-order valence-electron chi connectivity index (χ1n) is 30.4. The molecule has 1 heterocycles. The van der Waals surface area contributed by atoms with Gasteiger partial charge >= 0.3 is 13.8 Å². The number of ether oxygens (including phenoxy) is 4. The number of nitrogens with zero attached hydrogens (tertiary/aromatic N) is 1. The van der Waals surface area contributed by atoms with Crippen LogP contribution in [-0.2, 0) is 52.6 Å². The number of carbonyl (C=O) groups excluding carboxylic acids is 3. The molecule has 0 aromatic heterocycles. The summed E-state index contributed by atoms with van der Waals surface area (Å²) < 4.78 is 43.6. The lowest BCUT2D eigenvalue weighted by atomic mass is 9.46. The summed E-state index contributed by atoms with van der Waals surface area (Å²) in [6.07, 6.45) is 17.6. The Bertz CT molecular complexity index is 2740. The molecule has 5 N–H and O–H groups in total. The van der Waals surface area contributed by atoms with Crippen molar-refractivity contribution in [3.63, 3.8) is 0 Å². The molecule has 1 unspecified atom stereocenters. The van der Waals surface area contributed by atoms with Gasteiger partial charge in [0.2, 0.25) is 5.78 Å². The van der Waals surface area contributed by atoms with Crippen LogP contribution < -0.4 is 9.84 Å². The first-order valence-corrected chi connectivity index (χ1v) is 31.9. The van der Waals surface area contributed by atoms with Crippen molar-refractivity contribution in [1.29, 1.82) is 0 Å². The van der Waals surface area contributed by atoms with E-state index in [0.717, 1.165) is 121 Å². The average molecular weight is 1140 g/mol. The van der Waals surface area contributed by atoms with Crippen LogP contribution in [0.5, 0.6) is 5.75 Å². The van der Waals surface area contributed by atoms with E-state index in [1.54, 1.807) is 36.4 Å². The van der Waals surface area contributed by atoms with E-state index in [1.165, 1.54) is 11.6 Å². The number of nitrogens with one attached hydrogen (secondary N) is 1. The monoisotopic (exact) mass is 1140 g/mol. The number of rotatable bonds is 28. The summed E-state index contributed by atoms with van der Waals surface area (Å²) in [5, 5.41) is 27.0. The number of aliphatic hydroxyl groups excluding tert-OH is 2. The first-order chi connectivity index (χ1) is 38.9. The number of esters is 1. The summed E-state index contributed by atoms with van der Waals surface area (Å²) in [4.78, 5) is 61.3. The molecule has 81 heavy (non-hydrogen) atoms. The Kier molecular flexibility index (Phi) is 20.2. The third-order valence-electron chi connectivity index (χ3n) is 19.9. The highest BCUT2D eigenvalue weighted by atomic mass is 31.2. The molecule has 3 aromatic rings. The quantitative estimate of drug-likeness (QED) is 0.0199. The van der Waals surface area contributed by atoms with E-state index in [9.17, 15) is 34.2 Å². The Morgan fingerprint density at radius 1 is 0.877 bits per heavy atom. The fourth-order valence-electron chi connectivity index (χ4n) is 15.3. The van der Waals surface area contributed by atoms with E-state index in [0.29, 0.717) is 61.2 Å². The average Bonchev–Trinajstić information content (AvgIpc) is 1.76. The number of benzene rings is 3. The number of Topliss-reactive ketones (excluding diaryl/α,β-unsaturated/α-hetero) is 1. The molecule has 6 aliphatic rings. The Labute approximate surface area is 480 Å². The second-order valence-electron chi connectivity index (χ2n) is 24.8. The number of carbonyl (C=O) groups is 3. The van der Waals surface area contributed by atoms with Crippen molar-refractivity contribution >= 4 is 25.4 Å². The second-order valence-corrected chi connectivity index (χ2v) is 26.0. The van der Waals surface area contributed by atoms with Crippen molar-refractivity contribution in [3.8, 4) is 5.75 Å². The van der Waals surface area contributed by atoms with Gasteiger partial charge in [-0.05, 0) is 150 Å². The van der Waals surface area contributed by atoms with Gasteiger partial charge in [0, 0.05) is 53.6 Å². The molecular weight excluding hydrogens is 1050 g/mol. The Morgan fingerprint density at radius 2 is 1.60 bits per heavy atom. The minimum Gasteiger partial charge on any atom is -0.454 e. The number of phosphoric acid groups is 1. The lowest BCUT2D eigenvalue weighted by Gasteiger charge is -2.59. The Balaban J connectivity index is 0.799. The summed E-state index contributed by atoms with van der Waals surface area (Å²) in [5.41, 5.74) is 2.07. The van der Waals surface area contributed by atoms with Crippen LogP contribution in [0.15, 0.2) is 96.6 Å². The van der Waals surface area contributed by atoms with E-state index in [4.69, 9.17) is 23.5 Å². The number of ketones is 2. The van der Waals surface area contributed by atoms with E-state index in [-0.39, 0.29) is 46.6 Å². The predicted octanol–water partition coefficient (Wildman–Crippen LogP) is 10.6. The zero-order valence-electron chi connectivity index (χ0n) is 48.3. The van der Waals surface area contributed by atoms with Crippen LogP contribution in [0.4, 0.5) is 0 Å². The van der Waals surface area contributed by atoms with Crippen molar-refractivity contribution in [2.24, 2.45) is 34.5 Å². The molecule has 1 saturated heterocycles. The second kappa shape index (κ2) is 26.7. The summed E-state index contributed by atoms with van der Waals surface area (Å²) in [6.45, 7) is 12.6. The lowest BCUT2D eigenvalue weighted by Crippen LogP contribution is -2.63. The van der Waals surface area contributed by atoms with Crippen LogP contribution in [0.2, 0.25) is 0 Å². The van der Waals surface area contributed by atoms with Gasteiger partial charge in [-0.3, -0.25) is 19.4 Å². The van der Waals surface area contributed by atoms with Gasteiger partial charge < -0.3 is 43.5 Å². The summed E-state index contributed by atoms with van der Waals surface area (Å²) in [7, 11) is -4.92. The number of unbranched alkanes of at least 4 members (excludes halogenated alkanes) is 4. The number of hydrogen-bond donors (Lipinski definition) is 5. The van der Waals surface area contributed by atoms with E-state index in [1.807, 2.05) is 24.3 Å². The summed E-state index contributed by atoms with van der Waals surface area (Å²) >= 11 is 0. The normalized spacial score (nSPS) is 28.6. The van der Waals surface area contributed by atoms with Crippen LogP contribution in [0, 0.1) is 34.5 Å². The maximum Gasteiger partial charge on any atom is 0.524 e. The molecule has 9 rings (SSSR count). The predicted molar refractivity (Wildman–Crippen MR) is 309 cm³/mol. The topological polar surface area (TPSA) is 207 Å². The summed E-state index contributed by atoms with van der Waals surface area (Å²) in [6, 6.07) is 22.6. The van der Waals surface area contributed by atoms with E-state index >= 15 is 4.79 Å². The van der Waals surface area contributed by atoms with E-state index < -0.39 is 61.4 Å². The summed E-state index contributed by atoms with van der Waals surface area (Å²) in [5.74, 6) is -0.900. The molecule has 10 atom stereocenters. The number of aryl methyl sites for hydroxylation is 1. The fraction of sp³-hybridized carbons (Fsp3) is 0.615. The molecule has 4 saturated carbocycles. The minimum absolute atomic E-state index is 0.00671. The maximum atomic E-state index is 15.1. The van der Waals surface area contributed by atoms with Crippen molar-refractivity contribution in [3.05, 3.63) is 124 Å². The Morgan fingerprint density at radius 3 is 2.33 bits per heavy atom. The van der Waals surface area contributed by atoms with Gasteiger partial charge in [-0.2, -0.15) is 0 Å². The third-order valence-corrected chi connectivity index (χ3v) is 20.3. The molecule has 5 aliphatic carbocycles. The standard InChI is InChI=1S/C65H89N2O13P/c1-5-67(6-2,43-50-37-49(28-31-57(50)80-81(73,74)75)56(70)41-66-34-16-7-8-17-35-76-36-18-15-21-45-19-11-9-12-20-45)42-46-24-26-47(27-25-46)61(72)77-44-58(71)65-59(78-62(79-65)48-22-13-10-14-23-48)39-54-53-30-29-51-38-52(68)32-33-63(51,3)60(53)55(69)40-64(54,65)4/h9,11-12,19-20,24-28,31-33,37-38,48,53-56,59-60,62,66,69-70H,5-8,10,13-18,21-23,29-30,34-36,39-44H2,1-4H3,(H-,73,74,75)/p+1/t53-,54-,55-,56?,59+,60+,62+,63-,64-,65+/m0/s1. The molecule has 442 valence electrons. The largest absolute Gasteiger partial charge is 0.524 e. The molecule has 0 amide bonds. The molecule has 3 aromatic carbocycles. The van der Waals surface area contributed by atoms with Gasteiger partial charge in [-0.25, -0.2) is 9.36 Å². The molecule has 1 aliphatic heterocycles. The molecule has 0 bridgehead atoms. The van der Waals surface area contributed by atoms with Crippen molar-refractivity contribution in [2.45, 2.75) is 174 Å². The van der Waals surface area contributed by atoms with Crippen LogP contribution in [-0.4, -0.2) is 112 Å². The molecular formula is C65H90N2O13P+. The van der Waals surface area contributed by atoms with Crippen LogP contribution >= 0.6 is 7.82 Å².